The van der Waals surface area contributed by atoms with Crippen molar-refractivity contribution in [2.24, 2.45) is 0 Å². The zero-order valence-corrected chi connectivity index (χ0v) is 19.2. The second-order valence-electron chi connectivity index (χ2n) is 8.17. The highest BCUT2D eigenvalue weighted by atomic mass is 19.4. The van der Waals surface area contributed by atoms with Crippen LogP contribution in [0.25, 0.3) is 11.0 Å². The summed E-state index contributed by atoms with van der Waals surface area (Å²) >= 11 is 0. The van der Waals surface area contributed by atoms with Gasteiger partial charge in [-0.15, -0.1) is 0 Å². The SMILES string of the molecule is CCN(CC)c1ccc2c(C(F)(F)F)c(C(=O)NCCNC(=O)OC(C)(C)C)c(=O)oc2c1. The first-order chi connectivity index (χ1) is 15.3. The van der Waals surface area contributed by atoms with E-state index in [9.17, 15) is 27.6 Å². The lowest BCUT2D eigenvalue weighted by atomic mass is 10.0. The van der Waals surface area contributed by atoms with Gasteiger partial charge in [-0.3, -0.25) is 4.79 Å². The van der Waals surface area contributed by atoms with Crippen LogP contribution in [0, 0.1) is 0 Å². The maximum absolute atomic E-state index is 13.9. The van der Waals surface area contributed by atoms with Crippen molar-refractivity contribution < 1.29 is 31.9 Å². The van der Waals surface area contributed by atoms with Gasteiger partial charge in [0.2, 0.25) is 0 Å². The lowest BCUT2D eigenvalue weighted by Gasteiger charge is -2.22. The highest BCUT2D eigenvalue weighted by Gasteiger charge is 2.40. The van der Waals surface area contributed by atoms with Gasteiger partial charge in [0.25, 0.3) is 5.91 Å². The van der Waals surface area contributed by atoms with Crippen LogP contribution in [0.15, 0.2) is 27.4 Å². The molecule has 0 unspecified atom stereocenters. The summed E-state index contributed by atoms with van der Waals surface area (Å²) in [4.78, 5) is 38.4. The van der Waals surface area contributed by atoms with E-state index < -0.39 is 45.9 Å². The number of alkyl carbamates (subject to hydrolysis) is 1. The molecule has 0 saturated heterocycles. The fourth-order valence-electron chi connectivity index (χ4n) is 3.22. The van der Waals surface area contributed by atoms with Crippen molar-refractivity contribution in [2.75, 3.05) is 31.1 Å². The predicted octanol–water partition coefficient (Wildman–Crippen LogP) is 3.91. The van der Waals surface area contributed by atoms with Crippen LogP contribution in [0.4, 0.5) is 23.7 Å². The van der Waals surface area contributed by atoms with E-state index in [4.69, 9.17) is 9.15 Å². The third-order valence-electron chi connectivity index (χ3n) is 4.61. The number of nitrogens with one attached hydrogen (secondary N) is 2. The quantitative estimate of drug-likeness (QED) is 0.469. The van der Waals surface area contributed by atoms with Gasteiger partial charge in [0.1, 0.15) is 16.7 Å². The van der Waals surface area contributed by atoms with E-state index in [0.717, 1.165) is 0 Å². The molecule has 1 aromatic carbocycles. The largest absolute Gasteiger partial charge is 0.444 e. The third kappa shape index (κ3) is 6.62. The molecule has 8 nitrogen and oxygen atoms in total. The smallest absolute Gasteiger partial charge is 0.418 e. The van der Waals surface area contributed by atoms with E-state index in [1.54, 1.807) is 20.8 Å². The fraction of sp³-hybridized carbons (Fsp3) is 0.500. The second-order valence-corrected chi connectivity index (χ2v) is 8.17. The van der Waals surface area contributed by atoms with Gasteiger partial charge in [0.05, 0.1) is 5.56 Å². The van der Waals surface area contributed by atoms with Gasteiger partial charge >= 0.3 is 17.9 Å². The van der Waals surface area contributed by atoms with Gasteiger partial charge in [-0.05, 0) is 46.8 Å². The minimum Gasteiger partial charge on any atom is -0.444 e. The molecule has 1 aromatic heterocycles. The molecule has 2 rings (SSSR count). The molecular weight excluding hydrogens is 443 g/mol. The Morgan fingerprint density at radius 2 is 1.67 bits per heavy atom. The monoisotopic (exact) mass is 471 g/mol. The van der Waals surface area contributed by atoms with Crippen LogP contribution in [0.5, 0.6) is 0 Å². The molecule has 11 heteroatoms. The van der Waals surface area contributed by atoms with Crippen molar-refractivity contribution in [1.82, 2.24) is 10.6 Å². The van der Waals surface area contributed by atoms with Crippen molar-refractivity contribution in [3.8, 4) is 0 Å². The Kier molecular flexibility index (Phi) is 7.99. The van der Waals surface area contributed by atoms with Gasteiger partial charge in [-0.2, -0.15) is 13.2 Å². The molecule has 33 heavy (non-hydrogen) atoms. The van der Waals surface area contributed by atoms with Crippen molar-refractivity contribution in [1.29, 1.82) is 0 Å². The first kappa shape index (κ1) is 26.0. The van der Waals surface area contributed by atoms with E-state index >= 15 is 0 Å². The summed E-state index contributed by atoms with van der Waals surface area (Å²) in [6, 6.07) is 4.03. The molecule has 2 aromatic rings. The highest BCUT2D eigenvalue weighted by molar-refractivity contribution is 6.00. The highest BCUT2D eigenvalue weighted by Crippen LogP contribution is 2.37. The molecule has 0 aliphatic heterocycles. The average Bonchev–Trinajstić information content (AvgIpc) is 2.68. The number of carbonyl (C=O) groups is 2. The minimum atomic E-state index is -4.98. The third-order valence-corrected chi connectivity index (χ3v) is 4.61. The van der Waals surface area contributed by atoms with Gasteiger partial charge in [0, 0.05) is 43.3 Å². The number of amides is 2. The molecule has 0 spiro atoms. The van der Waals surface area contributed by atoms with Crippen molar-refractivity contribution in [3.05, 3.63) is 39.7 Å². The number of nitrogens with zero attached hydrogens (tertiary/aromatic N) is 1. The van der Waals surface area contributed by atoms with E-state index in [1.165, 1.54) is 18.2 Å². The topological polar surface area (TPSA) is 101 Å². The van der Waals surface area contributed by atoms with Crippen molar-refractivity contribution >= 4 is 28.7 Å². The number of carbonyl (C=O) groups excluding carboxylic acids is 2. The Labute approximate surface area is 189 Å². The molecule has 0 fully saturated rings. The van der Waals surface area contributed by atoms with Crippen molar-refractivity contribution in [3.63, 3.8) is 0 Å². The maximum Gasteiger partial charge on any atom is 0.418 e. The Bertz CT molecular complexity index is 1070. The summed E-state index contributed by atoms with van der Waals surface area (Å²) in [5, 5.41) is 4.17. The number of rotatable bonds is 7. The van der Waals surface area contributed by atoms with Gasteiger partial charge < -0.3 is 24.7 Å². The number of halogens is 3. The summed E-state index contributed by atoms with van der Waals surface area (Å²) in [7, 11) is 0. The molecule has 0 bridgehead atoms. The Morgan fingerprint density at radius 1 is 1.06 bits per heavy atom. The van der Waals surface area contributed by atoms with Crippen LogP contribution in [0.2, 0.25) is 0 Å². The van der Waals surface area contributed by atoms with Gasteiger partial charge in [0.15, 0.2) is 0 Å². The fourth-order valence-corrected chi connectivity index (χ4v) is 3.22. The second kappa shape index (κ2) is 10.1. The number of ether oxygens (including phenoxy) is 1. The Morgan fingerprint density at radius 3 is 2.21 bits per heavy atom. The van der Waals surface area contributed by atoms with E-state index in [0.29, 0.717) is 18.8 Å². The molecule has 0 atom stereocenters. The average molecular weight is 471 g/mol. The van der Waals surface area contributed by atoms with Gasteiger partial charge in [-0.25, -0.2) is 9.59 Å². The van der Waals surface area contributed by atoms with Gasteiger partial charge in [-0.1, -0.05) is 0 Å². The number of fused-ring (bicyclic) bond motifs is 1. The molecule has 0 radical (unpaired) electrons. The summed E-state index contributed by atoms with van der Waals surface area (Å²) in [5.41, 5.74) is -4.30. The molecule has 0 aliphatic carbocycles. The molecule has 182 valence electrons. The Balaban J connectivity index is 2.32. The lowest BCUT2D eigenvalue weighted by molar-refractivity contribution is -0.136. The Hall–Kier alpha value is -3.24. The molecule has 2 N–H and O–H groups in total. The van der Waals surface area contributed by atoms with Crippen LogP contribution < -0.4 is 21.2 Å². The normalized spacial score (nSPS) is 11.9. The standard InChI is InChI=1S/C22H28F3N3O5/c1-6-28(7-2)13-8-9-14-15(12-13)32-19(30)16(17(14)22(23,24)25)18(29)26-10-11-27-20(31)33-21(3,4)5/h8-9,12H,6-7,10-11H2,1-5H3,(H,26,29)(H,27,31). The first-order valence-electron chi connectivity index (χ1n) is 10.5. The molecule has 2 amide bonds. The van der Waals surface area contributed by atoms with Crippen LogP contribution >= 0.6 is 0 Å². The zero-order valence-electron chi connectivity index (χ0n) is 19.2. The summed E-state index contributed by atoms with van der Waals surface area (Å²) in [6.45, 7) is 9.63. The van der Waals surface area contributed by atoms with Crippen LogP contribution in [-0.4, -0.2) is 43.8 Å². The lowest BCUT2D eigenvalue weighted by Crippen LogP contribution is -2.39. The van der Waals surface area contributed by atoms with Crippen LogP contribution in [0.3, 0.4) is 0 Å². The van der Waals surface area contributed by atoms with E-state index in [1.807, 2.05) is 18.7 Å². The maximum atomic E-state index is 13.9. The summed E-state index contributed by atoms with van der Waals surface area (Å²) in [6.07, 6.45) is -5.73. The number of hydrogen-bond donors (Lipinski definition) is 2. The number of hydrogen-bond acceptors (Lipinski definition) is 6. The molecule has 0 saturated carbocycles. The first-order valence-corrected chi connectivity index (χ1v) is 10.5. The number of benzene rings is 1. The van der Waals surface area contributed by atoms with E-state index in [-0.39, 0.29) is 18.7 Å². The molecule has 1 heterocycles. The van der Waals surface area contributed by atoms with Crippen molar-refractivity contribution in [2.45, 2.75) is 46.4 Å². The van der Waals surface area contributed by atoms with Crippen LogP contribution in [0.1, 0.15) is 50.5 Å². The number of alkyl halides is 3. The predicted molar refractivity (Wildman–Crippen MR) is 118 cm³/mol. The minimum absolute atomic E-state index is 0.117. The molecule has 0 aliphatic rings. The molecular formula is C22H28F3N3O5. The van der Waals surface area contributed by atoms with E-state index in [2.05, 4.69) is 10.6 Å². The zero-order chi connectivity index (χ0) is 25.0. The van der Waals surface area contributed by atoms with Crippen LogP contribution in [-0.2, 0) is 10.9 Å². The number of anilines is 1. The summed E-state index contributed by atoms with van der Waals surface area (Å²) in [5.74, 6) is -1.25. The summed E-state index contributed by atoms with van der Waals surface area (Å²) < 4.78 is 51.9.